The van der Waals surface area contributed by atoms with Gasteiger partial charge in [-0.3, -0.25) is 4.90 Å². The highest BCUT2D eigenvalue weighted by atomic mass is 16.5. The second-order valence-electron chi connectivity index (χ2n) is 4.98. The van der Waals surface area contributed by atoms with Crippen LogP contribution in [0.1, 0.15) is 33.6 Å². The van der Waals surface area contributed by atoms with Crippen LogP contribution in [0.2, 0.25) is 0 Å². The second kappa shape index (κ2) is 10.5. The Kier molecular flexibility index (Phi) is 8.87. The fraction of sp³-hybridized carbons (Fsp3) is 0.647. The van der Waals surface area contributed by atoms with Gasteiger partial charge < -0.3 is 14.6 Å². The Hall–Kier alpha value is -1.26. The first kappa shape index (κ1) is 17.8. The number of aliphatic hydroxyl groups is 1. The molecule has 0 aliphatic heterocycles. The molecule has 0 aliphatic carbocycles. The first-order valence-corrected chi connectivity index (χ1v) is 7.95. The molecule has 1 rings (SSSR count). The van der Waals surface area contributed by atoms with Crippen LogP contribution in [0.5, 0.6) is 11.5 Å². The zero-order valence-electron chi connectivity index (χ0n) is 13.5. The van der Waals surface area contributed by atoms with Crippen molar-refractivity contribution in [2.45, 2.75) is 39.7 Å². The molecule has 120 valence electrons. The van der Waals surface area contributed by atoms with Crippen LogP contribution >= 0.6 is 0 Å². The molecular formula is C17H29NO3. The zero-order chi connectivity index (χ0) is 15.5. The lowest BCUT2D eigenvalue weighted by Crippen LogP contribution is -2.39. The Morgan fingerprint density at radius 1 is 0.952 bits per heavy atom. The van der Waals surface area contributed by atoms with Gasteiger partial charge in [-0.2, -0.15) is 0 Å². The molecule has 1 aromatic carbocycles. The van der Waals surface area contributed by atoms with E-state index < -0.39 is 0 Å². The average molecular weight is 295 g/mol. The molecule has 0 radical (unpaired) electrons. The lowest BCUT2D eigenvalue weighted by atomic mass is 10.1. The first-order valence-electron chi connectivity index (χ1n) is 7.95. The lowest BCUT2D eigenvalue weighted by molar-refractivity contribution is 0.122. The van der Waals surface area contributed by atoms with Gasteiger partial charge in [0.15, 0.2) is 0 Å². The summed E-state index contributed by atoms with van der Waals surface area (Å²) in [4.78, 5) is 2.30. The predicted octanol–water partition coefficient (Wildman–Crippen LogP) is 2.95. The van der Waals surface area contributed by atoms with Crippen LogP contribution in [0.4, 0.5) is 0 Å². The topological polar surface area (TPSA) is 41.9 Å². The van der Waals surface area contributed by atoms with Crippen molar-refractivity contribution in [1.82, 2.24) is 4.90 Å². The summed E-state index contributed by atoms with van der Waals surface area (Å²) in [5.74, 6) is 1.72. The zero-order valence-corrected chi connectivity index (χ0v) is 13.5. The van der Waals surface area contributed by atoms with E-state index in [0.717, 1.165) is 30.9 Å². The van der Waals surface area contributed by atoms with E-state index in [1.807, 2.05) is 31.2 Å². The molecule has 0 unspecified atom stereocenters. The summed E-state index contributed by atoms with van der Waals surface area (Å²) < 4.78 is 11.2. The minimum absolute atomic E-state index is 0.194. The minimum atomic E-state index is 0.194. The third-order valence-corrected chi connectivity index (χ3v) is 3.63. The number of benzene rings is 1. The van der Waals surface area contributed by atoms with Crippen molar-refractivity contribution in [3.8, 4) is 11.5 Å². The molecule has 0 spiro atoms. The van der Waals surface area contributed by atoms with Crippen molar-refractivity contribution >= 4 is 0 Å². The molecule has 0 saturated carbocycles. The summed E-state index contributed by atoms with van der Waals surface area (Å²) in [6.45, 7) is 9.38. The maximum absolute atomic E-state index is 9.18. The summed E-state index contributed by atoms with van der Waals surface area (Å²) in [6, 6.07) is 8.22. The van der Waals surface area contributed by atoms with Crippen LogP contribution in [0.25, 0.3) is 0 Å². The summed E-state index contributed by atoms with van der Waals surface area (Å²) in [7, 11) is 0. The molecule has 4 heteroatoms. The summed E-state index contributed by atoms with van der Waals surface area (Å²) in [5, 5.41) is 9.18. The molecular weight excluding hydrogens is 266 g/mol. The number of hydrogen-bond acceptors (Lipinski definition) is 4. The first-order chi connectivity index (χ1) is 10.2. The highest BCUT2D eigenvalue weighted by Gasteiger charge is 2.14. The van der Waals surface area contributed by atoms with Gasteiger partial charge >= 0.3 is 0 Å². The van der Waals surface area contributed by atoms with E-state index in [4.69, 9.17) is 9.47 Å². The van der Waals surface area contributed by atoms with Crippen molar-refractivity contribution in [3.05, 3.63) is 24.3 Å². The van der Waals surface area contributed by atoms with Gasteiger partial charge in [0.25, 0.3) is 0 Å². The molecule has 4 nitrogen and oxygen atoms in total. The molecule has 0 saturated heterocycles. The van der Waals surface area contributed by atoms with Gasteiger partial charge in [0.1, 0.15) is 18.1 Å². The van der Waals surface area contributed by atoms with Crippen LogP contribution in [-0.4, -0.2) is 49.0 Å². The molecule has 21 heavy (non-hydrogen) atoms. The van der Waals surface area contributed by atoms with Crippen molar-refractivity contribution in [2.24, 2.45) is 0 Å². The van der Waals surface area contributed by atoms with Crippen LogP contribution < -0.4 is 9.47 Å². The van der Waals surface area contributed by atoms with Gasteiger partial charge in [-0.1, -0.05) is 13.8 Å². The number of ether oxygens (including phenoxy) is 2. The van der Waals surface area contributed by atoms with Gasteiger partial charge in [-0.15, -0.1) is 0 Å². The van der Waals surface area contributed by atoms with Crippen LogP contribution in [0.15, 0.2) is 24.3 Å². The van der Waals surface area contributed by atoms with E-state index in [1.165, 1.54) is 0 Å². The third-order valence-electron chi connectivity index (χ3n) is 3.63. The predicted molar refractivity (Wildman–Crippen MR) is 86.1 cm³/mol. The van der Waals surface area contributed by atoms with E-state index in [2.05, 4.69) is 18.7 Å². The Morgan fingerprint density at radius 2 is 1.52 bits per heavy atom. The van der Waals surface area contributed by atoms with E-state index in [1.54, 1.807) is 0 Å². The third kappa shape index (κ3) is 6.36. The standard InChI is InChI=1S/C17H29NO3/c1-4-15(5-2)18(11-13-19)12-14-21-17-9-7-16(8-10-17)20-6-3/h7-10,15,19H,4-6,11-14H2,1-3H3. The van der Waals surface area contributed by atoms with Crippen molar-refractivity contribution in [2.75, 3.05) is 32.9 Å². The number of rotatable bonds is 11. The largest absolute Gasteiger partial charge is 0.494 e. The maximum atomic E-state index is 9.18. The van der Waals surface area contributed by atoms with E-state index >= 15 is 0 Å². The number of hydrogen-bond donors (Lipinski definition) is 1. The van der Waals surface area contributed by atoms with Crippen LogP contribution in [0, 0.1) is 0 Å². The van der Waals surface area contributed by atoms with Gasteiger partial charge in [0.2, 0.25) is 0 Å². The summed E-state index contributed by atoms with van der Waals surface area (Å²) >= 11 is 0. The normalized spacial score (nSPS) is 11.1. The quantitative estimate of drug-likeness (QED) is 0.681. The fourth-order valence-corrected chi connectivity index (χ4v) is 2.49. The number of aliphatic hydroxyl groups excluding tert-OH is 1. The molecule has 0 aliphatic rings. The summed E-state index contributed by atoms with van der Waals surface area (Å²) in [6.07, 6.45) is 2.19. The van der Waals surface area contributed by atoms with Gasteiger partial charge in [-0.05, 0) is 44.0 Å². The van der Waals surface area contributed by atoms with Crippen molar-refractivity contribution in [3.63, 3.8) is 0 Å². The molecule has 1 N–H and O–H groups in total. The number of nitrogens with zero attached hydrogens (tertiary/aromatic N) is 1. The second-order valence-corrected chi connectivity index (χ2v) is 4.98. The van der Waals surface area contributed by atoms with Crippen LogP contribution in [-0.2, 0) is 0 Å². The average Bonchev–Trinajstić information content (AvgIpc) is 2.50. The van der Waals surface area contributed by atoms with E-state index in [0.29, 0.717) is 25.8 Å². The lowest BCUT2D eigenvalue weighted by Gasteiger charge is -2.29. The summed E-state index contributed by atoms with van der Waals surface area (Å²) in [5.41, 5.74) is 0. The van der Waals surface area contributed by atoms with Gasteiger partial charge in [0.05, 0.1) is 13.2 Å². The highest BCUT2D eigenvalue weighted by Crippen LogP contribution is 2.17. The van der Waals surface area contributed by atoms with Gasteiger partial charge in [-0.25, -0.2) is 0 Å². The van der Waals surface area contributed by atoms with Crippen molar-refractivity contribution in [1.29, 1.82) is 0 Å². The van der Waals surface area contributed by atoms with Gasteiger partial charge in [0, 0.05) is 19.1 Å². The Labute approximate surface area is 128 Å². The molecule has 0 aromatic heterocycles. The smallest absolute Gasteiger partial charge is 0.119 e. The van der Waals surface area contributed by atoms with Crippen molar-refractivity contribution < 1.29 is 14.6 Å². The molecule has 0 heterocycles. The Morgan fingerprint density at radius 3 is 2.00 bits per heavy atom. The molecule has 0 bridgehead atoms. The molecule has 1 aromatic rings. The Bertz CT molecular complexity index is 363. The van der Waals surface area contributed by atoms with Crippen LogP contribution in [0.3, 0.4) is 0 Å². The fourth-order valence-electron chi connectivity index (χ4n) is 2.49. The molecule has 0 fully saturated rings. The molecule has 0 atom stereocenters. The monoisotopic (exact) mass is 295 g/mol. The Balaban J connectivity index is 2.42. The molecule has 0 amide bonds. The van der Waals surface area contributed by atoms with E-state index in [-0.39, 0.29) is 6.61 Å². The maximum Gasteiger partial charge on any atom is 0.119 e. The van der Waals surface area contributed by atoms with E-state index in [9.17, 15) is 5.11 Å². The SMILES string of the molecule is CCOc1ccc(OCCN(CCO)C(CC)CC)cc1. The minimum Gasteiger partial charge on any atom is -0.494 e. The highest BCUT2D eigenvalue weighted by molar-refractivity contribution is 5.31.